The minimum Gasteiger partial charge on any atom is -0.388 e. The van der Waals surface area contributed by atoms with E-state index in [0.29, 0.717) is 30.7 Å². The smallest absolute Gasteiger partial charge is 0.262 e. The van der Waals surface area contributed by atoms with Gasteiger partial charge in [0.25, 0.3) is 5.56 Å². The van der Waals surface area contributed by atoms with E-state index in [2.05, 4.69) is 48.0 Å². The highest BCUT2D eigenvalue weighted by Crippen LogP contribution is 2.28. The van der Waals surface area contributed by atoms with Crippen molar-refractivity contribution in [3.05, 3.63) is 62.5 Å². The number of benzene rings is 1. The molecule has 6 heteroatoms. The zero-order valence-electron chi connectivity index (χ0n) is 18.3. The second kappa shape index (κ2) is 8.25. The van der Waals surface area contributed by atoms with Crippen molar-refractivity contribution in [3.8, 4) is 0 Å². The number of thiophene rings is 1. The maximum absolute atomic E-state index is 13.0. The first-order chi connectivity index (χ1) is 14.3. The first kappa shape index (κ1) is 21.2. The molecule has 3 aromatic rings. The van der Waals surface area contributed by atoms with E-state index >= 15 is 0 Å². The van der Waals surface area contributed by atoms with Gasteiger partial charge in [-0.3, -0.25) is 14.3 Å². The maximum atomic E-state index is 13.0. The molecule has 0 bridgehead atoms. The fourth-order valence-corrected chi connectivity index (χ4v) is 5.24. The summed E-state index contributed by atoms with van der Waals surface area (Å²) in [5.74, 6) is 0.544. The van der Waals surface area contributed by atoms with E-state index in [4.69, 9.17) is 0 Å². The van der Waals surface area contributed by atoms with Crippen molar-refractivity contribution < 1.29 is 5.11 Å². The van der Waals surface area contributed by atoms with E-state index in [1.165, 1.54) is 11.1 Å². The van der Waals surface area contributed by atoms with E-state index in [0.717, 1.165) is 34.9 Å². The average molecular weight is 426 g/mol. The molecule has 0 unspecified atom stereocenters. The summed E-state index contributed by atoms with van der Waals surface area (Å²) in [5, 5.41) is 11.9. The molecule has 5 nitrogen and oxygen atoms in total. The third-order valence-electron chi connectivity index (χ3n) is 6.46. The molecule has 1 saturated heterocycles. The Labute approximate surface area is 182 Å². The highest BCUT2D eigenvalue weighted by molar-refractivity contribution is 7.18. The zero-order chi connectivity index (χ0) is 21.5. The molecular formula is C24H31N3O2S. The Balaban J connectivity index is 1.41. The quantitative estimate of drug-likeness (QED) is 0.665. The van der Waals surface area contributed by atoms with Crippen molar-refractivity contribution in [1.82, 2.24) is 14.5 Å². The van der Waals surface area contributed by atoms with Crippen molar-refractivity contribution >= 4 is 21.6 Å². The predicted molar refractivity (Wildman–Crippen MR) is 123 cm³/mol. The topological polar surface area (TPSA) is 58.4 Å². The molecule has 30 heavy (non-hydrogen) atoms. The summed E-state index contributed by atoms with van der Waals surface area (Å²) in [6, 6.07) is 8.84. The molecule has 1 aliphatic rings. The van der Waals surface area contributed by atoms with Crippen LogP contribution >= 0.6 is 11.3 Å². The molecule has 0 atom stereocenters. The van der Waals surface area contributed by atoms with Crippen LogP contribution in [0.5, 0.6) is 0 Å². The molecule has 3 heterocycles. The molecule has 1 N–H and O–H groups in total. The minimum absolute atomic E-state index is 0.0389. The Morgan fingerprint density at radius 3 is 2.47 bits per heavy atom. The van der Waals surface area contributed by atoms with Crippen LogP contribution in [-0.4, -0.2) is 38.2 Å². The number of aliphatic hydroxyl groups is 1. The monoisotopic (exact) mass is 425 g/mol. The Bertz CT molecular complexity index is 1090. The van der Waals surface area contributed by atoms with Crippen molar-refractivity contribution in [2.75, 3.05) is 13.1 Å². The SMILES string of the molecule is Cc1sc2ncn(CC3(O)CCN(Cc4ccc(C(C)C)cc4)CC3)c(=O)c2c1C. The largest absolute Gasteiger partial charge is 0.388 e. The molecule has 4 rings (SSSR count). The molecule has 1 aromatic carbocycles. The predicted octanol–water partition coefficient (Wildman–Crippen LogP) is 4.23. The number of hydrogen-bond acceptors (Lipinski definition) is 5. The Hall–Kier alpha value is -2.02. The molecule has 2 aromatic heterocycles. The summed E-state index contributed by atoms with van der Waals surface area (Å²) in [6.45, 7) is 11.3. The second-order valence-electron chi connectivity index (χ2n) is 9.04. The van der Waals surface area contributed by atoms with Crippen LogP contribution in [0.25, 0.3) is 10.2 Å². The first-order valence-electron chi connectivity index (χ1n) is 10.7. The van der Waals surface area contributed by atoms with Gasteiger partial charge < -0.3 is 5.11 Å². The normalized spacial score (nSPS) is 17.1. The summed E-state index contributed by atoms with van der Waals surface area (Å²) >= 11 is 1.56. The number of piperidine rings is 1. The molecule has 0 aliphatic carbocycles. The van der Waals surface area contributed by atoms with Crippen LogP contribution in [0.2, 0.25) is 0 Å². The fourth-order valence-electron chi connectivity index (χ4n) is 4.25. The van der Waals surface area contributed by atoms with Gasteiger partial charge >= 0.3 is 0 Å². The summed E-state index contributed by atoms with van der Waals surface area (Å²) < 4.78 is 1.60. The highest BCUT2D eigenvalue weighted by Gasteiger charge is 2.33. The van der Waals surface area contributed by atoms with Gasteiger partial charge in [0.1, 0.15) is 4.83 Å². The summed E-state index contributed by atoms with van der Waals surface area (Å²) in [7, 11) is 0. The van der Waals surface area contributed by atoms with Crippen LogP contribution in [-0.2, 0) is 13.1 Å². The van der Waals surface area contributed by atoms with Crippen molar-refractivity contribution in [3.63, 3.8) is 0 Å². The van der Waals surface area contributed by atoms with Gasteiger partial charge in [-0.2, -0.15) is 0 Å². The third-order valence-corrected chi connectivity index (χ3v) is 7.58. The van der Waals surface area contributed by atoms with E-state index < -0.39 is 5.60 Å². The number of likely N-dealkylation sites (tertiary alicyclic amines) is 1. The van der Waals surface area contributed by atoms with Crippen LogP contribution in [0.4, 0.5) is 0 Å². The van der Waals surface area contributed by atoms with Crippen LogP contribution in [0.15, 0.2) is 35.4 Å². The van der Waals surface area contributed by atoms with Crippen LogP contribution in [0.3, 0.4) is 0 Å². The van der Waals surface area contributed by atoms with Gasteiger partial charge in [-0.25, -0.2) is 4.98 Å². The third kappa shape index (κ3) is 4.22. The number of hydrogen-bond donors (Lipinski definition) is 1. The van der Waals surface area contributed by atoms with Crippen LogP contribution in [0.1, 0.15) is 54.2 Å². The van der Waals surface area contributed by atoms with Crippen molar-refractivity contribution in [1.29, 1.82) is 0 Å². The lowest BCUT2D eigenvalue weighted by molar-refractivity contribution is -0.0364. The van der Waals surface area contributed by atoms with Gasteiger partial charge in [-0.05, 0) is 49.3 Å². The first-order valence-corrected chi connectivity index (χ1v) is 11.6. The summed E-state index contributed by atoms with van der Waals surface area (Å²) in [5.41, 5.74) is 2.77. The molecular weight excluding hydrogens is 394 g/mol. The van der Waals surface area contributed by atoms with Crippen LogP contribution in [0, 0.1) is 13.8 Å². The second-order valence-corrected chi connectivity index (χ2v) is 10.2. The van der Waals surface area contributed by atoms with Gasteiger partial charge in [0.15, 0.2) is 0 Å². The van der Waals surface area contributed by atoms with E-state index in [-0.39, 0.29) is 5.56 Å². The van der Waals surface area contributed by atoms with Gasteiger partial charge in [0.2, 0.25) is 0 Å². The number of rotatable bonds is 5. The Kier molecular flexibility index (Phi) is 5.84. The molecule has 0 amide bonds. The van der Waals surface area contributed by atoms with E-state index in [1.807, 2.05) is 13.8 Å². The molecule has 0 saturated carbocycles. The van der Waals surface area contributed by atoms with Crippen molar-refractivity contribution in [2.24, 2.45) is 0 Å². The molecule has 0 radical (unpaired) electrons. The molecule has 1 aliphatic heterocycles. The lowest BCUT2D eigenvalue weighted by Crippen LogP contribution is -2.47. The number of aryl methyl sites for hydroxylation is 2. The molecule has 0 spiro atoms. The lowest BCUT2D eigenvalue weighted by atomic mass is 9.91. The van der Waals surface area contributed by atoms with E-state index in [9.17, 15) is 9.90 Å². The fraction of sp³-hybridized carbons (Fsp3) is 0.500. The number of nitrogens with zero attached hydrogens (tertiary/aromatic N) is 3. The zero-order valence-corrected chi connectivity index (χ0v) is 19.1. The van der Waals surface area contributed by atoms with Gasteiger partial charge in [-0.15, -0.1) is 11.3 Å². The van der Waals surface area contributed by atoms with Gasteiger partial charge in [0, 0.05) is 24.5 Å². The standard InChI is InChI=1S/C24H31N3O2S/c1-16(2)20-7-5-19(6-8-20)13-26-11-9-24(29,10-12-26)14-27-15-25-22-21(23(27)28)17(3)18(4)30-22/h5-8,15-16,29H,9-14H2,1-4H3. The number of fused-ring (bicyclic) bond motifs is 1. The summed E-state index contributed by atoms with van der Waals surface area (Å²) in [6.07, 6.45) is 2.91. The van der Waals surface area contributed by atoms with E-state index in [1.54, 1.807) is 22.2 Å². The Morgan fingerprint density at radius 1 is 1.17 bits per heavy atom. The highest BCUT2D eigenvalue weighted by atomic mass is 32.1. The van der Waals surface area contributed by atoms with Crippen LogP contribution < -0.4 is 5.56 Å². The maximum Gasteiger partial charge on any atom is 0.262 e. The van der Waals surface area contributed by atoms with Crippen molar-refractivity contribution in [2.45, 2.75) is 65.1 Å². The lowest BCUT2D eigenvalue weighted by Gasteiger charge is -2.38. The molecule has 1 fully saturated rings. The van der Waals surface area contributed by atoms with Gasteiger partial charge in [-0.1, -0.05) is 38.1 Å². The molecule has 160 valence electrons. The Morgan fingerprint density at radius 2 is 1.83 bits per heavy atom. The minimum atomic E-state index is -0.865. The van der Waals surface area contributed by atoms with Gasteiger partial charge in [0.05, 0.1) is 23.9 Å². The number of aromatic nitrogens is 2. The summed E-state index contributed by atoms with van der Waals surface area (Å²) in [4.78, 5) is 21.7. The average Bonchev–Trinajstić information content (AvgIpc) is 3.01.